The normalized spacial score (nSPS) is 18.7. The van der Waals surface area contributed by atoms with Crippen LogP contribution in [0.25, 0.3) is 0 Å². The Bertz CT molecular complexity index is 516. The maximum atomic E-state index is 12.0. The number of piperidine rings is 1. The lowest BCUT2D eigenvalue weighted by atomic mass is 10.0. The van der Waals surface area contributed by atoms with Gasteiger partial charge in [-0.3, -0.25) is 4.79 Å². The van der Waals surface area contributed by atoms with Crippen LogP contribution in [0.5, 0.6) is 5.75 Å². The minimum absolute atomic E-state index is 0.0987. The Morgan fingerprint density at radius 3 is 2.96 bits per heavy atom. The molecule has 0 aliphatic carbocycles. The fraction of sp³-hybridized carbons (Fsp3) is 0.632. The number of carbonyl (C=O) groups excluding carboxylic acids is 1. The van der Waals surface area contributed by atoms with Crippen LogP contribution in [0.1, 0.15) is 37.3 Å². The first-order chi connectivity index (χ1) is 11.1. The molecule has 0 radical (unpaired) electrons. The molecule has 4 nitrogen and oxygen atoms in total. The summed E-state index contributed by atoms with van der Waals surface area (Å²) in [6.07, 6.45) is 4.13. The number of amides is 1. The Hall–Kier alpha value is -1.55. The van der Waals surface area contributed by atoms with Crippen molar-refractivity contribution in [2.75, 3.05) is 33.3 Å². The van der Waals surface area contributed by atoms with Crippen molar-refractivity contribution in [2.24, 2.45) is 5.92 Å². The van der Waals surface area contributed by atoms with Crippen molar-refractivity contribution in [3.8, 4) is 5.75 Å². The number of benzene rings is 1. The minimum atomic E-state index is 0.0987. The molecule has 1 aromatic rings. The smallest absolute Gasteiger partial charge is 0.224 e. The van der Waals surface area contributed by atoms with Crippen LogP contribution in [0, 0.1) is 12.8 Å². The highest BCUT2D eigenvalue weighted by atomic mass is 16.5. The van der Waals surface area contributed by atoms with Gasteiger partial charge in [-0.1, -0.05) is 19.1 Å². The van der Waals surface area contributed by atoms with Gasteiger partial charge in [0.25, 0.3) is 0 Å². The lowest BCUT2D eigenvalue weighted by Gasteiger charge is -2.30. The first-order valence-corrected chi connectivity index (χ1v) is 8.71. The zero-order chi connectivity index (χ0) is 16.7. The summed E-state index contributed by atoms with van der Waals surface area (Å²) in [5.74, 6) is 1.78. The van der Waals surface area contributed by atoms with E-state index in [9.17, 15) is 4.79 Å². The lowest BCUT2D eigenvalue weighted by Crippen LogP contribution is -2.36. The van der Waals surface area contributed by atoms with Gasteiger partial charge in [-0.05, 0) is 62.4 Å². The van der Waals surface area contributed by atoms with E-state index >= 15 is 0 Å². The quantitative estimate of drug-likeness (QED) is 0.786. The summed E-state index contributed by atoms with van der Waals surface area (Å²) < 4.78 is 5.24. The first-order valence-electron chi connectivity index (χ1n) is 8.71. The molecular weight excluding hydrogens is 288 g/mol. The van der Waals surface area contributed by atoms with Gasteiger partial charge in [0, 0.05) is 13.1 Å². The third kappa shape index (κ3) is 5.87. The fourth-order valence-electron chi connectivity index (χ4n) is 3.32. The molecule has 128 valence electrons. The van der Waals surface area contributed by atoms with Crippen molar-refractivity contribution >= 4 is 5.91 Å². The highest BCUT2D eigenvalue weighted by molar-refractivity contribution is 5.78. The average molecular weight is 318 g/mol. The zero-order valence-corrected chi connectivity index (χ0v) is 14.7. The molecule has 1 aromatic carbocycles. The van der Waals surface area contributed by atoms with Crippen LogP contribution in [0.4, 0.5) is 0 Å². The summed E-state index contributed by atoms with van der Waals surface area (Å²) in [5, 5.41) is 3.03. The van der Waals surface area contributed by atoms with Crippen molar-refractivity contribution < 1.29 is 9.53 Å². The number of likely N-dealkylation sites (tertiary alicyclic amines) is 1. The molecular formula is C19H30N2O2. The molecule has 0 bridgehead atoms. The van der Waals surface area contributed by atoms with Gasteiger partial charge in [0.15, 0.2) is 0 Å². The minimum Gasteiger partial charge on any atom is -0.496 e. The number of carbonyl (C=O) groups is 1. The van der Waals surface area contributed by atoms with E-state index in [0.29, 0.717) is 6.42 Å². The number of nitrogens with zero attached hydrogens (tertiary/aromatic N) is 1. The molecule has 1 aliphatic heterocycles. The van der Waals surface area contributed by atoms with E-state index in [1.54, 1.807) is 7.11 Å². The molecule has 1 atom stereocenters. The van der Waals surface area contributed by atoms with Crippen LogP contribution in [0.15, 0.2) is 18.2 Å². The van der Waals surface area contributed by atoms with Crippen molar-refractivity contribution in [3.05, 3.63) is 29.3 Å². The molecule has 4 heteroatoms. The molecule has 0 saturated carbocycles. The summed E-state index contributed by atoms with van der Waals surface area (Å²) in [6.45, 7) is 8.60. The third-order valence-corrected chi connectivity index (χ3v) is 4.54. The monoisotopic (exact) mass is 318 g/mol. The molecule has 2 rings (SSSR count). The van der Waals surface area contributed by atoms with Crippen molar-refractivity contribution in [2.45, 2.75) is 39.5 Å². The predicted molar refractivity (Wildman–Crippen MR) is 93.9 cm³/mol. The summed E-state index contributed by atoms with van der Waals surface area (Å²) in [4.78, 5) is 14.5. The van der Waals surface area contributed by atoms with E-state index in [-0.39, 0.29) is 5.91 Å². The number of aryl methyl sites for hydroxylation is 1. The highest BCUT2D eigenvalue weighted by Crippen LogP contribution is 2.18. The Morgan fingerprint density at radius 1 is 1.43 bits per heavy atom. The van der Waals surface area contributed by atoms with Crippen molar-refractivity contribution in [1.82, 2.24) is 10.2 Å². The van der Waals surface area contributed by atoms with Crippen molar-refractivity contribution in [3.63, 3.8) is 0 Å². The van der Waals surface area contributed by atoms with E-state index in [2.05, 4.69) is 17.1 Å². The Labute approximate surface area is 140 Å². The third-order valence-electron chi connectivity index (χ3n) is 4.54. The molecule has 1 heterocycles. The number of nitrogens with one attached hydrogen (secondary N) is 1. The van der Waals surface area contributed by atoms with Gasteiger partial charge < -0.3 is 15.0 Å². The van der Waals surface area contributed by atoms with E-state index in [0.717, 1.165) is 42.3 Å². The highest BCUT2D eigenvalue weighted by Gasteiger charge is 2.15. The SMILES string of the molecule is COc1ccc(CC(=O)NCCCN2CCC[C@H](C)C2)cc1C. The van der Waals surface area contributed by atoms with Gasteiger partial charge >= 0.3 is 0 Å². The zero-order valence-electron chi connectivity index (χ0n) is 14.7. The molecule has 1 fully saturated rings. The van der Waals surface area contributed by atoms with Crippen molar-refractivity contribution in [1.29, 1.82) is 0 Å². The second kappa shape index (κ2) is 8.92. The lowest BCUT2D eigenvalue weighted by molar-refractivity contribution is -0.120. The predicted octanol–water partition coefficient (Wildman–Crippen LogP) is 2.78. The molecule has 1 amide bonds. The van der Waals surface area contributed by atoms with Gasteiger partial charge in [-0.15, -0.1) is 0 Å². The number of hydrogen-bond donors (Lipinski definition) is 1. The molecule has 0 unspecified atom stereocenters. The van der Waals surface area contributed by atoms with Crippen LogP contribution < -0.4 is 10.1 Å². The molecule has 1 saturated heterocycles. The summed E-state index contributed by atoms with van der Waals surface area (Å²) in [6, 6.07) is 5.91. The molecule has 0 spiro atoms. The van der Waals surface area contributed by atoms with Gasteiger partial charge in [0.1, 0.15) is 5.75 Å². The van der Waals surface area contributed by atoms with Gasteiger partial charge in [0.2, 0.25) is 5.91 Å². The van der Waals surface area contributed by atoms with E-state index in [1.165, 1.54) is 25.9 Å². The van der Waals surface area contributed by atoms with Gasteiger partial charge in [0.05, 0.1) is 13.5 Å². The fourth-order valence-corrected chi connectivity index (χ4v) is 3.32. The summed E-state index contributed by atoms with van der Waals surface area (Å²) in [7, 11) is 1.66. The maximum Gasteiger partial charge on any atom is 0.224 e. The van der Waals surface area contributed by atoms with Crippen LogP contribution in [-0.4, -0.2) is 44.1 Å². The largest absolute Gasteiger partial charge is 0.496 e. The topological polar surface area (TPSA) is 41.6 Å². The number of hydrogen-bond acceptors (Lipinski definition) is 3. The second-order valence-electron chi connectivity index (χ2n) is 6.73. The Kier molecular flexibility index (Phi) is 6.90. The Morgan fingerprint density at radius 2 is 2.26 bits per heavy atom. The second-order valence-corrected chi connectivity index (χ2v) is 6.73. The Balaban J connectivity index is 1.66. The van der Waals surface area contributed by atoms with E-state index in [4.69, 9.17) is 4.74 Å². The summed E-state index contributed by atoms with van der Waals surface area (Å²) in [5.41, 5.74) is 2.10. The standard InChI is InChI=1S/C19H30N2O2/c1-15-6-4-10-21(14-15)11-5-9-20-19(22)13-17-7-8-18(23-3)16(2)12-17/h7-8,12,15H,4-6,9-11,13-14H2,1-3H3,(H,20,22)/t15-/m0/s1. The van der Waals surface area contributed by atoms with E-state index in [1.807, 2.05) is 25.1 Å². The molecule has 0 aromatic heterocycles. The maximum absolute atomic E-state index is 12.0. The average Bonchev–Trinajstić information content (AvgIpc) is 2.52. The summed E-state index contributed by atoms with van der Waals surface area (Å²) >= 11 is 0. The van der Waals surface area contributed by atoms with Crippen LogP contribution in [-0.2, 0) is 11.2 Å². The van der Waals surface area contributed by atoms with Gasteiger partial charge in [-0.2, -0.15) is 0 Å². The van der Waals surface area contributed by atoms with Crippen LogP contribution in [0.2, 0.25) is 0 Å². The molecule has 1 aliphatic rings. The molecule has 1 N–H and O–H groups in total. The molecule has 23 heavy (non-hydrogen) atoms. The van der Waals surface area contributed by atoms with E-state index < -0.39 is 0 Å². The van der Waals surface area contributed by atoms with Crippen LogP contribution in [0.3, 0.4) is 0 Å². The number of rotatable bonds is 7. The number of ether oxygens (including phenoxy) is 1. The number of methoxy groups -OCH3 is 1. The van der Waals surface area contributed by atoms with Crippen LogP contribution >= 0.6 is 0 Å². The van der Waals surface area contributed by atoms with Gasteiger partial charge in [-0.25, -0.2) is 0 Å². The first kappa shape index (κ1) is 17.8.